The molecule has 14 heteroatoms. The van der Waals surface area contributed by atoms with Gasteiger partial charge in [-0.1, -0.05) is 53.1 Å². The van der Waals surface area contributed by atoms with Gasteiger partial charge in [0, 0.05) is 62.0 Å². The number of carbonyl (C=O) groups is 1. The highest BCUT2D eigenvalue weighted by Crippen LogP contribution is 2.43. The molecule has 0 bridgehead atoms. The van der Waals surface area contributed by atoms with Crippen LogP contribution in [0.1, 0.15) is 155 Å². The summed E-state index contributed by atoms with van der Waals surface area (Å²) in [6.07, 6.45) is -0.658. The van der Waals surface area contributed by atoms with Gasteiger partial charge in [0.05, 0.1) is 59.5 Å². The van der Waals surface area contributed by atoms with Crippen molar-refractivity contribution in [2.24, 2.45) is 40.7 Å². The first-order valence-corrected chi connectivity index (χ1v) is 23.8. The third kappa shape index (κ3) is 12.1. The smallest absolute Gasteiger partial charge is 0.311 e. The third-order valence-corrected chi connectivity index (χ3v) is 15.2. The molecule has 1 saturated carbocycles. The maximum Gasteiger partial charge on any atom is 0.311 e. The Morgan fingerprint density at radius 1 is 0.887 bits per heavy atom. The Morgan fingerprint density at radius 3 is 2.08 bits per heavy atom. The average Bonchev–Trinajstić information content (AvgIpc) is 3.19. The number of methoxy groups -OCH3 is 1. The van der Waals surface area contributed by atoms with Crippen LogP contribution in [-0.2, 0) is 42.8 Å². The molecule has 3 heterocycles. The van der Waals surface area contributed by atoms with Gasteiger partial charge >= 0.3 is 5.97 Å². The Labute approximate surface area is 374 Å². The van der Waals surface area contributed by atoms with E-state index >= 15 is 0 Å². The highest BCUT2D eigenvalue weighted by molar-refractivity contribution is 5.88. The number of oxime groups is 1. The number of ether oxygens (including phenoxy) is 7. The first-order valence-electron chi connectivity index (χ1n) is 23.8. The highest BCUT2D eigenvalue weighted by Gasteiger charge is 2.53. The summed E-state index contributed by atoms with van der Waals surface area (Å²) in [6, 6.07) is 0.144. The monoisotopic (exact) mass is 885 g/mol. The van der Waals surface area contributed by atoms with Crippen molar-refractivity contribution in [3.8, 4) is 0 Å². The number of hydrogen-bond acceptors (Lipinski definition) is 14. The lowest BCUT2D eigenvalue weighted by atomic mass is 9.73. The summed E-state index contributed by atoms with van der Waals surface area (Å²) < 4.78 is 45.9. The molecule has 18 atom stereocenters. The van der Waals surface area contributed by atoms with Crippen molar-refractivity contribution in [3.63, 3.8) is 0 Å². The number of aliphatic hydroxyl groups excluding tert-OH is 1. The van der Waals surface area contributed by atoms with Gasteiger partial charge in [-0.05, 0) is 102 Å². The van der Waals surface area contributed by atoms with Gasteiger partial charge in [-0.25, -0.2) is 0 Å². The van der Waals surface area contributed by atoms with E-state index in [2.05, 4.69) is 32.8 Å². The van der Waals surface area contributed by atoms with E-state index < -0.39 is 89.2 Å². The molecule has 1 aliphatic carbocycles. The molecule has 0 aromatic heterocycles. The van der Waals surface area contributed by atoms with Crippen molar-refractivity contribution < 1.29 is 58.1 Å². The molecule has 62 heavy (non-hydrogen) atoms. The van der Waals surface area contributed by atoms with E-state index in [0.717, 1.165) is 25.7 Å². The van der Waals surface area contributed by atoms with Crippen LogP contribution in [0.25, 0.3) is 0 Å². The van der Waals surface area contributed by atoms with Gasteiger partial charge in [-0.2, -0.15) is 0 Å². The molecule has 0 amide bonds. The van der Waals surface area contributed by atoms with Gasteiger partial charge < -0.3 is 58.2 Å². The summed E-state index contributed by atoms with van der Waals surface area (Å²) in [6.45, 7) is 26.6. The fourth-order valence-corrected chi connectivity index (χ4v) is 11.0. The van der Waals surface area contributed by atoms with Gasteiger partial charge in [0.2, 0.25) is 5.79 Å². The second-order valence-corrected chi connectivity index (χ2v) is 21.0. The van der Waals surface area contributed by atoms with Crippen molar-refractivity contribution in [1.29, 1.82) is 0 Å². The highest BCUT2D eigenvalue weighted by atomic mass is 16.8. The SMILES string of the molecule is CC[C@H]1OC(=O)[C@H](C)[C@@H](O[C@H]2C[C@@](C)(OC)[C@@H](C)[C@H](C)O2)[C@H](C)[C@@H](O[C@@H]2O[C@H](C)C[C@H](N(C)C)[C@H]2C)[C@@](C)(O)C[C@@H](C)/C(=N\OC2(OC(C)C)CCCCC2)[C@H](C)[C@@H](O)[C@]1(C)O. The summed E-state index contributed by atoms with van der Waals surface area (Å²) >= 11 is 0. The predicted octanol–water partition coefficient (Wildman–Crippen LogP) is 7.22. The number of cyclic esters (lactones) is 1. The second kappa shape index (κ2) is 21.4. The Balaban J connectivity index is 1.90. The fraction of sp³-hybridized carbons (Fsp3) is 0.958. The zero-order valence-electron chi connectivity index (χ0n) is 41.5. The largest absolute Gasteiger partial charge is 0.459 e. The van der Waals surface area contributed by atoms with Crippen LogP contribution in [0.15, 0.2) is 5.16 Å². The van der Waals surface area contributed by atoms with Gasteiger partial charge in [-0.3, -0.25) is 4.79 Å². The lowest BCUT2D eigenvalue weighted by Crippen LogP contribution is -2.59. The van der Waals surface area contributed by atoms with Crippen LogP contribution < -0.4 is 0 Å². The number of nitrogens with zero attached hydrogens (tertiary/aromatic N) is 2. The van der Waals surface area contributed by atoms with E-state index in [-0.39, 0.29) is 49.0 Å². The summed E-state index contributed by atoms with van der Waals surface area (Å²) in [5, 5.41) is 42.4. The third-order valence-electron chi connectivity index (χ3n) is 15.2. The molecule has 0 radical (unpaired) electrons. The predicted molar refractivity (Wildman–Crippen MR) is 238 cm³/mol. The molecular formula is C48H88N2O12. The Bertz CT molecular complexity index is 1450. The number of aliphatic hydroxyl groups is 3. The molecule has 0 aromatic carbocycles. The Morgan fingerprint density at radius 2 is 1.52 bits per heavy atom. The minimum atomic E-state index is -1.91. The van der Waals surface area contributed by atoms with Crippen LogP contribution in [0.5, 0.6) is 0 Å². The normalized spacial score (nSPS) is 46.1. The lowest BCUT2D eigenvalue weighted by molar-refractivity contribution is -0.306. The molecule has 4 fully saturated rings. The van der Waals surface area contributed by atoms with E-state index in [9.17, 15) is 20.1 Å². The van der Waals surface area contributed by atoms with Crippen molar-refractivity contribution in [2.45, 2.75) is 239 Å². The number of carbonyl (C=O) groups excluding carboxylic acids is 1. The maximum absolute atomic E-state index is 14.6. The van der Waals surface area contributed by atoms with Crippen LogP contribution in [0, 0.1) is 35.5 Å². The topological polar surface area (TPSA) is 167 Å². The first kappa shape index (κ1) is 53.2. The molecule has 3 saturated heterocycles. The summed E-state index contributed by atoms with van der Waals surface area (Å²) in [5.74, 6) is -4.53. The van der Waals surface area contributed by atoms with Crippen molar-refractivity contribution >= 4 is 11.7 Å². The average molecular weight is 885 g/mol. The molecule has 0 aromatic rings. The number of rotatable bonds is 11. The zero-order chi connectivity index (χ0) is 46.7. The number of esters is 1. The van der Waals surface area contributed by atoms with Gasteiger partial charge in [0.15, 0.2) is 12.6 Å². The quantitative estimate of drug-likeness (QED) is 0.108. The molecule has 0 unspecified atom stereocenters. The van der Waals surface area contributed by atoms with Gasteiger partial charge in [0.25, 0.3) is 0 Å². The Hall–Kier alpha value is -1.46. The Kier molecular flexibility index (Phi) is 18.4. The minimum Gasteiger partial charge on any atom is -0.459 e. The van der Waals surface area contributed by atoms with Crippen molar-refractivity contribution in [2.75, 3.05) is 21.2 Å². The van der Waals surface area contributed by atoms with Crippen LogP contribution in [0.3, 0.4) is 0 Å². The first-order chi connectivity index (χ1) is 28.7. The van der Waals surface area contributed by atoms with E-state index in [1.807, 2.05) is 55.4 Å². The summed E-state index contributed by atoms with van der Waals surface area (Å²) in [4.78, 5) is 23.2. The summed E-state index contributed by atoms with van der Waals surface area (Å²) in [7, 11) is 5.79. The van der Waals surface area contributed by atoms with E-state index in [1.165, 1.54) is 6.92 Å². The molecule has 14 nitrogen and oxygen atoms in total. The maximum atomic E-state index is 14.6. The molecule has 362 valence electrons. The van der Waals surface area contributed by atoms with Crippen molar-refractivity contribution in [1.82, 2.24) is 4.90 Å². The zero-order valence-corrected chi connectivity index (χ0v) is 41.5. The fourth-order valence-electron chi connectivity index (χ4n) is 11.0. The molecule has 4 rings (SSSR count). The molecular weight excluding hydrogens is 797 g/mol. The van der Waals surface area contributed by atoms with Crippen molar-refractivity contribution in [3.05, 3.63) is 0 Å². The standard InChI is InChI=1S/C48H88N2O12/c1-18-37-47(14,54)41(51)31(7)39(49-62-48(61-27(2)3)22-20-19-21-23-48)28(4)25-45(12,53)42(60-44-30(6)36(50(15)16)24-29(5)56-44)32(8)40(33(9)43(52)58-37)59-38-26-46(13,55-17)34(10)35(11)57-38/h27-38,40-42,44,51,53-54H,18-26H2,1-17H3/b49-39+/t28-,29-,30-,31+,32+,33-,34+,35+,36+,37-,38+,40+,41-,42-,44+,45+,46-,47-/m1/s1. The van der Waals surface area contributed by atoms with E-state index in [0.29, 0.717) is 25.0 Å². The molecule has 0 spiro atoms. The lowest BCUT2D eigenvalue weighted by Gasteiger charge is -2.50. The van der Waals surface area contributed by atoms with E-state index in [4.69, 9.17) is 43.2 Å². The second-order valence-electron chi connectivity index (χ2n) is 21.0. The van der Waals surface area contributed by atoms with Crippen LogP contribution in [0.4, 0.5) is 0 Å². The molecule has 3 aliphatic heterocycles. The van der Waals surface area contributed by atoms with Crippen LogP contribution >= 0.6 is 0 Å². The minimum absolute atomic E-state index is 0.0529. The van der Waals surface area contributed by atoms with Crippen LogP contribution in [-0.4, -0.2) is 137 Å². The number of hydrogen-bond donors (Lipinski definition) is 3. The van der Waals surface area contributed by atoms with Gasteiger partial charge in [-0.15, -0.1) is 0 Å². The summed E-state index contributed by atoms with van der Waals surface area (Å²) in [5.41, 5.74) is -3.67. The van der Waals surface area contributed by atoms with Gasteiger partial charge in [0.1, 0.15) is 11.7 Å². The molecule has 4 aliphatic rings. The van der Waals surface area contributed by atoms with E-state index in [1.54, 1.807) is 27.9 Å². The molecule has 3 N–H and O–H groups in total. The van der Waals surface area contributed by atoms with Crippen LogP contribution in [0.2, 0.25) is 0 Å².